The van der Waals surface area contributed by atoms with Gasteiger partial charge in [-0.1, -0.05) is 12.1 Å². The van der Waals surface area contributed by atoms with Gasteiger partial charge in [0, 0.05) is 38.4 Å². The number of ether oxygens (including phenoxy) is 1. The van der Waals surface area contributed by atoms with Crippen LogP contribution in [-0.2, 0) is 6.61 Å². The number of aliphatic imine (C=N–C) groups is 1. The molecule has 0 spiro atoms. The molecule has 0 aliphatic carbocycles. The molecule has 5 heteroatoms. The molecule has 1 aliphatic rings. The first-order chi connectivity index (χ1) is 11.6. The summed E-state index contributed by atoms with van der Waals surface area (Å²) in [7, 11) is 3.99. The van der Waals surface area contributed by atoms with Crippen LogP contribution in [0.5, 0.6) is 5.75 Å². The minimum Gasteiger partial charge on any atom is -0.486 e. The molecule has 0 amide bonds. The molecule has 0 radical (unpaired) electrons. The topological polar surface area (TPSA) is 36.9 Å². The lowest BCUT2D eigenvalue weighted by atomic mass is 10.1. The van der Waals surface area contributed by atoms with E-state index in [0.29, 0.717) is 6.61 Å². The summed E-state index contributed by atoms with van der Waals surface area (Å²) in [5, 5.41) is 3.19. The van der Waals surface area contributed by atoms with Gasteiger partial charge in [0.1, 0.15) is 12.4 Å². The zero-order valence-corrected chi connectivity index (χ0v) is 14.1. The first-order valence-corrected chi connectivity index (χ1v) is 8.11. The second kappa shape index (κ2) is 7.34. The van der Waals surface area contributed by atoms with Crippen LogP contribution in [0.15, 0.2) is 47.5 Å². The van der Waals surface area contributed by atoms with E-state index in [1.54, 1.807) is 6.07 Å². The van der Waals surface area contributed by atoms with E-state index in [2.05, 4.69) is 10.3 Å². The van der Waals surface area contributed by atoms with Gasteiger partial charge in [0.05, 0.1) is 0 Å². The standard InChI is InChI=1S/C19H22FN3O/c1-23(2)16-7-4-14(5-8-16)13-24-18-9-6-15(12-17(18)20)19-21-10-3-11-22-19/h4-9,12H,3,10-11,13H2,1-2H3,(H,21,22). The van der Waals surface area contributed by atoms with Crippen molar-refractivity contribution in [2.24, 2.45) is 4.99 Å². The monoisotopic (exact) mass is 327 g/mol. The molecule has 1 N–H and O–H groups in total. The van der Waals surface area contributed by atoms with Crippen LogP contribution in [-0.4, -0.2) is 33.0 Å². The molecule has 24 heavy (non-hydrogen) atoms. The van der Waals surface area contributed by atoms with Crippen molar-refractivity contribution in [2.75, 3.05) is 32.1 Å². The summed E-state index contributed by atoms with van der Waals surface area (Å²) in [5.41, 5.74) is 2.88. The van der Waals surface area contributed by atoms with Crippen LogP contribution in [0.3, 0.4) is 0 Å². The van der Waals surface area contributed by atoms with Gasteiger partial charge in [0.25, 0.3) is 0 Å². The van der Waals surface area contributed by atoms with E-state index in [1.165, 1.54) is 6.07 Å². The van der Waals surface area contributed by atoms with Crippen molar-refractivity contribution in [3.8, 4) is 5.75 Å². The van der Waals surface area contributed by atoms with Gasteiger partial charge < -0.3 is 15.0 Å². The van der Waals surface area contributed by atoms with Crippen LogP contribution in [0.1, 0.15) is 17.5 Å². The molecule has 0 aromatic heterocycles. The Bertz CT molecular complexity index is 726. The summed E-state index contributed by atoms with van der Waals surface area (Å²) in [6.07, 6.45) is 1.01. The largest absolute Gasteiger partial charge is 0.486 e. The Hall–Kier alpha value is -2.56. The Morgan fingerprint density at radius 2 is 1.96 bits per heavy atom. The van der Waals surface area contributed by atoms with E-state index in [-0.39, 0.29) is 11.6 Å². The third kappa shape index (κ3) is 3.85. The molecule has 3 rings (SSSR count). The third-order valence-corrected chi connectivity index (χ3v) is 3.95. The Morgan fingerprint density at radius 3 is 2.58 bits per heavy atom. The first-order valence-electron chi connectivity index (χ1n) is 8.11. The van der Waals surface area contributed by atoms with E-state index in [1.807, 2.05) is 49.3 Å². The van der Waals surface area contributed by atoms with E-state index in [9.17, 15) is 4.39 Å². The van der Waals surface area contributed by atoms with Crippen LogP contribution < -0.4 is 15.0 Å². The predicted molar refractivity (Wildman–Crippen MR) is 95.5 cm³/mol. The van der Waals surface area contributed by atoms with Crippen LogP contribution in [0, 0.1) is 5.82 Å². The van der Waals surface area contributed by atoms with Crippen molar-refractivity contribution in [3.05, 3.63) is 59.4 Å². The SMILES string of the molecule is CN(C)c1ccc(COc2ccc(C3=NCCCN3)cc2F)cc1. The lowest BCUT2D eigenvalue weighted by molar-refractivity contribution is 0.290. The number of benzene rings is 2. The second-order valence-corrected chi connectivity index (χ2v) is 6.01. The van der Waals surface area contributed by atoms with Gasteiger partial charge >= 0.3 is 0 Å². The summed E-state index contributed by atoms with van der Waals surface area (Å²) in [5.74, 6) is 0.644. The normalized spacial score (nSPS) is 13.9. The highest BCUT2D eigenvalue weighted by Crippen LogP contribution is 2.21. The van der Waals surface area contributed by atoms with Crippen molar-refractivity contribution >= 4 is 11.5 Å². The number of rotatable bonds is 5. The predicted octanol–water partition coefficient (Wildman–Crippen LogP) is 3.21. The molecule has 0 saturated heterocycles. The average Bonchev–Trinajstić information content (AvgIpc) is 2.62. The van der Waals surface area contributed by atoms with Crippen molar-refractivity contribution in [1.29, 1.82) is 0 Å². The fourth-order valence-electron chi connectivity index (χ4n) is 2.54. The van der Waals surface area contributed by atoms with E-state index in [4.69, 9.17) is 4.74 Å². The Morgan fingerprint density at radius 1 is 1.17 bits per heavy atom. The van der Waals surface area contributed by atoms with Gasteiger partial charge in [-0.05, 0) is 42.3 Å². The molecule has 1 heterocycles. The van der Waals surface area contributed by atoms with Gasteiger partial charge in [0.15, 0.2) is 11.6 Å². The highest BCUT2D eigenvalue weighted by Gasteiger charge is 2.11. The van der Waals surface area contributed by atoms with Crippen LogP contribution in [0.2, 0.25) is 0 Å². The highest BCUT2D eigenvalue weighted by molar-refractivity contribution is 5.99. The number of halogens is 1. The lowest BCUT2D eigenvalue weighted by Crippen LogP contribution is -2.30. The van der Waals surface area contributed by atoms with Crippen molar-refractivity contribution in [2.45, 2.75) is 13.0 Å². The first kappa shape index (κ1) is 16.3. The summed E-state index contributed by atoms with van der Waals surface area (Å²) in [6.45, 7) is 2.00. The average molecular weight is 327 g/mol. The highest BCUT2D eigenvalue weighted by atomic mass is 19.1. The molecule has 0 unspecified atom stereocenters. The maximum absolute atomic E-state index is 14.3. The van der Waals surface area contributed by atoms with Crippen molar-refractivity contribution in [1.82, 2.24) is 5.32 Å². The number of hydrogen-bond donors (Lipinski definition) is 1. The van der Waals surface area contributed by atoms with Gasteiger partial charge in [0.2, 0.25) is 0 Å². The quantitative estimate of drug-likeness (QED) is 0.916. The number of hydrogen-bond acceptors (Lipinski definition) is 4. The number of nitrogens with one attached hydrogen (secondary N) is 1. The summed E-state index contributed by atoms with van der Waals surface area (Å²) in [4.78, 5) is 6.41. The third-order valence-electron chi connectivity index (χ3n) is 3.95. The van der Waals surface area contributed by atoms with E-state index in [0.717, 1.165) is 42.2 Å². The molecule has 0 bridgehead atoms. The summed E-state index contributed by atoms with van der Waals surface area (Å²) in [6, 6.07) is 13.0. The second-order valence-electron chi connectivity index (χ2n) is 6.01. The van der Waals surface area contributed by atoms with Gasteiger partial charge in [-0.2, -0.15) is 0 Å². The molecular formula is C19H22FN3O. The van der Waals surface area contributed by atoms with Gasteiger partial charge in [-0.15, -0.1) is 0 Å². The maximum atomic E-state index is 14.3. The maximum Gasteiger partial charge on any atom is 0.165 e. The number of amidine groups is 1. The molecular weight excluding hydrogens is 305 g/mol. The van der Waals surface area contributed by atoms with Crippen LogP contribution >= 0.6 is 0 Å². The molecule has 2 aromatic carbocycles. The molecule has 0 fully saturated rings. The molecule has 126 valence electrons. The van der Waals surface area contributed by atoms with Crippen LogP contribution in [0.25, 0.3) is 0 Å². The fourth-order valence-corrected chi connectivity index (χ4v) is 2.54. The lowest BCUT2D eigenvalue weighted by Gasteiger charge is -2.16. The Kier molecular flexibility index (Phi) is 4.99. The minimum absolute atomic E-state index is 0.256. The smallest absolute Gasteiger partial charge is 0.165 e. The zero-order valence-electron chi connectivity index (χ0n) is 14.1. The van der Waals surface area contributed by atoms with Crippen LogP contribution in [0.4, 0.5) is 10.1 Å². The summed E-state index contributed by atoms with van der Waals surface area (Å²) < 4.78 is 19.9. The number of anilines is 1. The Balaban J connectivity index is 1.66. The van der Waals surface area contributed by atoms with Gasteiger partial charge in [-0.25, -0.2) is 4.39 Å². The van der Waals surface area contributed by atoms with Crippen molar-refractivity contribution < 1.29 is 9.13 Å². The summed E-state index contributed by atoms with van der Waals surface area (Å²) >= 11 is 0. The molecule has 2 aromatic rings. The molecule has 4 nitrogen and oxygen atoms in total. The van der Waals surface area contributed by atoms with E-state index >= 15 is 0 Å². The fraction of sp³-hybridized carbons (Fsp3) is 0.316. The van der Waals surface area contributed by atoms with Crippen molar-refractivity contribution in [3.63, 3.8) is 0 Å². The number of nitrogens with zero attached hydrogens (tertiary/aromatic N) is 2. The zero-order chi connectivity index (χ0) is 16.9. The Labute approximate surface area is 142 Å². The van der Waals surface area contributed by atoms with E-state index < -0.39 is 0 Å². The van der Waals surface area contributed by atoms with Gasteiger partial charge in [-0.3, -0.25) is 4.99 Å². The molecule has 1 aliphatic heterocycles. The minimum atomic E-state index is -0.368. The molecule has 0 atom stereocenters. The molecule has 0 saturated carbocycles.